The zero-order valence-corrected chi connectivity index (χ0v) is 16.9. The molecule has 25 heavy (non-hydrogen) atoms. The van der Waals surface area contributed by atoms with E-state index in [0.29, 0.717) is 43.3 Å². The molecular formula is C17H22Cl2N2O3S. The lowest BCUT2D eigenvalue weighted by atomic mass is 10.1. The summed E-state index contributed by atoms with van der Waals surface area (Å²) in [7, 11) is 0. The van der Waals surface area contributed by atoms with Crippen LogP contribution in [0, 0.1) is 5.41 Å². The molecule has 1 aliphatic heterocycles. The molecule has 138 valence electrons. The number of carbonyl (C=O) groups excluding carboxylic acids is 2. The molecule has 0 radical (unpaired) electrons. The highest BCUT2D eigenvalue weighted by Crippen LogP contribution is 2.64. The summed E-state index contributed by atoms with van der Waals surface area (Å²) in [6, 6.07) is 1.88. The number of hydrogen-bond acceptors (Lipinski definition) is 4. The van der Waals surface area contributed by atoms with Crippen LogP contribution in [0.25, 0.3) is 0 Å². The van der Waals surface area contributed by atoms with E-state index in [2.05, 4.69) is 19.2 Å². The van der Waals surface area contributed by atoms with Gasteiger partial charge in [0.05, 0.1) is 24.2 Å². The van der Waals surface area contributed by atoms with Gasteiger partial charge in [0.25, 0.3) is 5.91 Å². The maximum atomic E-state index is 12.9. The fourth-order valence-corrected chi connectivity index (χ4v) is 4.52. The van der Waals surface area contributed by atoms with Crippen LogP contribution in [-0.4, -0.2) is 47.4 Å². The summed E-state index contributed by atoms with van der Waals surface area (Å²) >= 11 is 13.7. The van der Waals surface area contributed by atoms with Crippen molar-refractivity contribution in [2.45, 2.75) is 37.4 Å². The van der Waals surface area contributed by atoms with E-state index >= 15 is 0 Å². The van der Waals surface area contributed by atoms with Gasteiger partial charge in [-0.05, 0) is 25.3 Å². The number of halogens is 2. The molecule has 1 saturated carbocycles. The number of rotatable bonds is 4. The second kappa shape index (κ2) is 6.72. The van der Waals surface area contributed by atoms with E-state index in [4.69, 9.17) is 27.9 Å². The van der Waals surface area contributed by atoms with Gasteiger partial charge in [0.15, 0.2) is 0 Å². The molecule has 1 saturated heterocycles. The van der Waals surface area contributed by atoms with Crippen molar-refractivity contribution in [3.63, 3.8) is 0 Å². The van der Waals surface area contributed by atoms with Crippen molar-refractivity contribution in [1.29, 1.82) is 0 Å². The Balaban J connectivity index is 1.85. The van der Waals surface area contributed by atoms with Crippen LogP contribution in [0.1, 0.15) is 48.3 Å². The number of thiophene rings is 1. The van der Waals surface area contributed by atoms with Crippen LogP contribution in [0.5, 0.6) is 0 Å². The molecule has 0 bridgehead atoms. The Kier molecular flexibility index (Phi) is 5.10. The van der Waals surface area contributed by atoms with Gasteiger partial charge in [0.2, 0.25) is 5.91 Å². The summed E-state index contributed by atoms with van der Waals surface area (Å²) in [5.41, 5.74) is -0.292. The number of carbonyl (C=O) groups is 2. The molecule has 0 spiro atoms. The average molecular weight is 405 g/mol. The largest absolute Gasteiger partial charge is 0.378 e. The Morgan fingerprint density at radius 3 is 2.44 bits per heavy atom. The molecule has 1 aliphatic carbocycles. The lowest BCUT2D eigenvalue weighted by Crippen LogP contribution is -2.40. The van der Waals surface area contributed by atoms with E-state index in [1.165, 1.54) is 11.3 Å². The van der Waals surface area contributed by atoms with Crippen molar-refractivity contribution in [2.24, 2.45) is 5.41 Å². The average Bonchev–Trinajstić information content (AvgIpc) is 2.92. The van der Waals surface area contributed by atoms with Crippen molar-refractivity contribution >= 4 is 51.4 Å². The summed E-state index contributed by atoms with van der Waals surface area (Å²) in [4.78, 5) is 28.3. The highest BCUT2D eigenvalue weighted by Gasteiger charge is 2.68. The maximum Gasteiger partial charge on any atom is 0.257 e. The van der Waals surface area contributed by atoms with Gasteiger partial charge in [-0.3, -0.25) is 9.59 Å². The standard InChI is InChI=1S/C17H22Cl2N2O3S/c1-10(2)12-8-11(14(22)21-4-6-24-7-5-21)13(25-12)20-15(23)16(3)9-17(16,18)19/h8,10H,4-7,9H2,1-3H3,(H,20,23)/t16-/m1/s1. The van der Waals surface area contributed by atoms with Gasteiger partial charge in [-0.2, -0.15) is 0 Å². The SMILES string of the molecule is CC(C)c1cc(C(=O)N2CCOCC2)c(NC(=O)[C@@]2(C)CC2(Cl)Cl)s1. The molecule has 8 heteroatoms. The molecule has 1 N–H and O–H groups in total. The maximum absolute atomic E-state index is 12.9. The molecule has 0 aromatic carbocycles. The topological polar surface area (TPSA) is 58.6 Å². The van der Waals surface area contributed by atoms with Gasteiger partial charge in [-0.25, -0.2) is 0 Å². The van der Waals surface area contributed by atoms with E-state index < -0.39 is 9.75 Å². The second-order valence-electron chi connectivity index (χ2n) is 7.12. The Labute approximate surface area is 161 Å². The lowest BCUT2D eigenvalue weighted by Gasteiger charge is -2.27. The smallest absolute Gasteiger partial charge is 0.257 e. The molecule has 2 aliphatic rings. The van der Waals surface area contributed by atoms with Crippen molar-refractivity contribution in [1.82, 2.24) is 4.90 Å². The van der Waals surface area contributed by atoms with Crippen molar-refractivity contribution in [3.05, 3.63) is 16.5 Å². The van der Waals surface area contributed by atoms with E-state index in [1.54, 1.807) is 11.8 Å². The van der Waals surface area contributed by atoms with Gasteiger partial charge in [-0.1, -0.05) is 13.8 Å². The Bertz CT molecular complexity index is 698. The number of ether oxygens (including phenoxy) is 1. The number of nitrogens with one attached hydrogen (secondary N) is 1. The van der Waals surface area contributed by atoms with Crippen LogP contribution in [0.4, 0.5) is 5.00 Å². The predicted octanol–water partition coefficient (Wildman–Crippen LogP) is 3.87. The molecule has 0 unspecified atom stereocenters. The minimum atomic E-state index is -1.04. The van der Waals surface area contributed by atoms with Crippen LogP contribution in [0.3, 0.4) is 0 Å². The van der Waals surface area contributed by atoms with Crippen molar-refractivity contribution in [2.75, 3.05) is 31.6 Å². The van der Waals surface area contributed by atoms with E-state index in [9.17, 15) is 9.59 Å². The molecular weight excluding hydrogens is 383 g/mol. The first-order valence-corrected chi connectivity index (χ1v) is 9.93. The lowest BCUT2D eigenvalue weighted by molar-refractivity contribution is -0.120. The van der Waals surface area contributed by atoms with E-state index in [1.807, 2.05) is 6.07 Å². The minimum absolute atomic E-state index is 0.0780. The summed E-state index contributed by atoms with van der Waals surface area (Å²) in [5.74, 6) is -0.0556. The van der Waals surface area contributed by atoms with Crippen LogP contribution >= 0.6 is 34.5 Å². The normalized spacial score (nSPS) is 25.1. The van der Waals surface area contributed by atoms with Gasteiger partial charge in [-0.15, -0.1) is 34.5 Å². The van der Waals surface area contributed by atoms with Crippen molar-refractivity contribution in [3.8, 4) is 0 Å². The van der Waals surface area contributed by atoms with Crippen LogP contribution in [0.2, 0.25) is 0 Å². The number of morpholine rings is 1. The van der Waals surface area contributed by atoms with Crippen molar-refractivity contribution < 1.29 is 14.3 Å². The molecule has 2 amide bonds. The third-order valence-corrected chi connectivity index (χ3v) is 7.29. The fourth-order valence-electron chi connectivity index (χ4n) is 2.77. The Morgan fingerprint density at radius 2 is 1.92 bits per heavy atom. The highest BCUT2D eigenvalue weighted by atomic mass is 35.5. The zero-order chi connectivity index (χ0) is 18.4. The monoisotopic (exact) mass is 404 g/mol. The first kappa shape index (κ1) is 19.0. The van der Waals surface area contributed by atoms with E-state index in [0.717, 1.165) is 4.88 Å². The van der Waals surface area contributed by atoms with Crippen LogP contribution in [0.15, 0.2) is 6.07 Å². The first-order chi connectivity index (χ1) is 11.7. The number of alkyl halides is 2. The molecule has 1 aromatic heterocycles. The van der Waals surface area contributed by atoms with Gasteiger partial charge >= 0.3 is 0 Å². The molecule has 3 rings (SSSR count). The molecule has 2 heterocycles. The highest BCUT2D eigenvalue weighted by molar-refractivity contribution is 7.16. The predicted molar refractivity (Wildman–Crippen MR) is 101 cm³/mol. The number of anilines is 1. The summed E-state index contributed by atoms with van der Waals surface area (Å²) in [6.45, 7) is 8.05. The molecule has 1 atom stereocenters. The fraction of sp³-hybridized carbons (Fsp3) is 0.647. The van der Waals surface area contributed by atoms with Crippen LogP contribution < -0.4 is 5.32 Å². The third-order valence-electron chi connectivity index (χ3n) is 4.83. The Hall–Kier alpha value is -0.820. The second-order valence-corrected chi connectivity index (χ2v) is 9.69. The summed E-state index contributed by atoms with van der Waals surface area (Å²) < 4.78 is 4.27. The van der Waals surface area contributed by atoms with Gasteiger partial charge in [0.1, 0.15) is 9.33 Å². The number of nitrogens with zero attached hydrogens (tertiary/aromatic N) is 1. The number of hydrogen-bond donors (Lipinski definition) is 1. The van der Waals surface area contributed by atoms with Crippen LogP contribution in [-0.2, 0) is 9.53 Å². The Morgan fingerprint density at radius 1 is 1.32 bits per heavy atom. The third kappa shape index (κ3) is 3.54. The molecule has 2 fully saturated rings. The quantitative estimate of drug-likeness (QED) is 0.774. The molecule has 1 aromatic rings. The minimum Gasteiger partial charge on any atom is -0.378 e. The zero-order valence-electron chi connectivity index (χ0n) is 14.5. The van der Waals surface area contributed by atoms with E-state index in [-0.39, 0.29) is 17.7 Å². The van der Waals surface area contributed by atoms with Gasteiger partial charge < -0.3 is 15.0 Å². The van der Waals surface area contributed by atoms with Gasteiger partial charge in [0, 0.05) is 18.0 Å². The summed E-state index contributed by atoms with van der Waals surface area (Å²) in [5, 5.41) is 3.47. The molecule has 5 nitrogen and oxygen atoms in total. The number of amides is 2. The first-order valence-electron chi connectivity index (χ1n) is 8.36. The summed E-state index contributed by atoms with van der Waals surface area (Å²) in [6.07, 6.45) is 0.407.